The molecule has 2 aromatic rings. The van der Waals surface area contributed by atoms with Gasteiger partial charge in [0.25, 0.3) is 10.0 Å². The minimum Gasteiger partial charge on any atom is -0.200 e. The van der Waals surface area contributed by atoms with Crippen LogP contribution in [0.2, 0.25) is 0 Å². The lowest BCUT2D eigenvalue weighted by molar-refractivity contribution is 0.584. The molecule has 0 fully saturated rings. The highest BCUT2D eigenvalue weighted by Crippen LogP contribution is 2.23. The second kappa shape index (κ2) is 8.01. The maximum atomic E-state index is 12.4. The molecule has 2 aromatic carbocycles. The molecule has 0 aromatic heterocycles. The van der Waals surface area contributed by atoms with E-state index in [0.717, 1.165) is 33.3 Å². The fraction of sp³-hybridized carbons (Fsp3) is 0.150. The van der Waals surface area contributed by atoms with Gasteiger partial charge in [0.1, 0.15) is 0 Å². The van der Waals surface area contributed by atoms with Crippen LogP contribution in [0.3, 0.4) is 0 Å². The Morgan fingerprint density at radius 2 is 1.85 bits per heavy atom. The molecule has 0 heterocycles. The van der Waals surface area contributed by atoms with Gasteiger partial charge in [0.15, 0.2) is 0 Å². The van der Waals surface area contributed by atoms with E-state index >= 15 is 0 Å². The highest BCUT2D eigenvalue weighted by molar-refractivity contribution is 9.10. The van der Waals surface area contributed by atoms with E-state index in [1.54, 1.807) is 24.3 Å². The highest BCUT2D eigenvalue weighted by atomic mass is 79.9. The van der Waals surface area contributed by atoms with Crippen molar-refractivity contribution < 1.29 is 8.42 Å². The van der Waals surface area contributed by atoms with Crippen LogP contribution in [-0.2, 0) is 10.0 Å². The summed E-state index contributed by atoms with van der Waals surface area (Å²) in [4.78, 5) is 2.57. The Morgan fingerprint density at radius 1 is 1.12 bits per heavy atom. The molecule has 0 saturated carbocycles. The van der Waals surface area contributed by atoms with Gasteiger partial charge < -0.3 is 0 Å². The Kier molecular flexibility index (Phi) is 5.74. The van der Waals surface area contributed by atoms with Crippen LogP contribution < -0.4 is 4.83 Å². The molecule has 0 amide bonds. The first-order chi connectivity index (χ1) is 12.5. The minimum atomic E-state index is -3.68. The third-order valence-corrected chi connectivity index (χ3v) is 5.97. The Bertz CT molecular complexity index is 991. The van der Waals surface area contributed by atoms with E-state index in [-0.39, 0.29) is 4.90 Å². The number of hydrazone groups is 1. The summed E-state index contributed by atoms with van der Waals surface area (Å²) < 4.78 is 25.9. The summed E-state index contributed by atoms with van der Waals surface area (Å²) in [6.07, 6.45) is 7.55. The van der Waals surface area contributed by atoms with Crippen molar-refractivity contribution in [1.82, 2.24) is 4.83 Å². The molecule has 0 atom stereocenters. The zero-order valence-corrected chi connectivity index (χ0v) is 16.7. The highest BCUT2D eigenvalue weighted by Gasteiger charge is 2.15. The number of aryl methyl sites for hydroxylation is 1. The molecule has 0 radical (unpaired) electrons. The average Bonchev–Trinajstić information content (AvgIpc) is 2.63. The second-order valence-electron chi connectivity index (χ2n) is 6.03. The first kappa shape index (κ1) is 18.6. The van der Waals surface area contributed by atoms with Crippen molar-refractivity contribution in [3.63, 3.8) is 0 Å². The predicted molar refractivity (Wildman–Crippen MR) is 109 cm³/mol. The molecular formula is C20H19BrN2O2S. The van der Waals surface area contributed by atoms with Gasteiger partial charge in [-0.25, -0.2) is 0 Å². The number of hydrogen-bond donors (Lipinski definition) is 1. The van der Waals surface area contributed by atoms with Crippen LogP contribution in [0.25, 0.3) is 6.08 Å². The third kappa shape index (κ3) is 4.51. The lowest BCUT2D eigenvalue weighted by Gasteiger charge is -2.13. The lowest BCUT2D eigenvalue weighted by atomic mass is 9.97. The standard InChI is InChI=1S/C20H19BrN2O2S/c1-15-10-12-18(13-11-15)26(24,25)23-22-20-9-5-3-7-17(20)14-16-6-2-4-8-19(16)21/h2-4,6-8,10-14,23H,5,9H2,1H3/b17-14+,22-20+. The number of allylic oxidation sites excluding steroid dienone is 3. The van der Waals surface area contributed by atoms with Gasteiger partial charge in [-0.1, -0.05) is 64.0 Å². The predicted octanol–water partition coefficient (Wildman–Crippen LogP) is 4.83. The molecule has 0 spiro atoms. The molecule has 1 aliphatic carbocycles. The van der Waals surface area contributed by atoms with Crippen LogP contribution in [0.15, 0.2) is 80.7 Å². The van der Waals surface area contributed by atoms with E-state index in [4.69, 9.17) is 0 Å². The summed E-state index contributed by atoms with van der Waals surface area (Å²) in [5, 5.41) is 4.20. The zero-order chi connectivity index (χ0) is 18.6. The van der Waals surface area contributed by atoms with Crippen LogP contribution >= 0.6 is 15.9 Å². The number of nitrogens with zero attached hydrogens (tertiary/aromatic N) is 1. The summed E-state index contributed by atoms with van der Waals surface area (Å²) >= 11 is 3.53. The van der Waals surface area contributed by atoms with E-state index in [9.17, 15) is 8.42 Å². The van der Waals surface area contributed by atoms with E-state index in [1.807, 2.05) is 43.3 Å². The first-order valence-electron chi connectivity index (χ1n) is 8.24. The van der Waals surface area contributed by atoms with Crippen LogP contribution in [0.1, 0.15) is 24.0 Å². The number of hydrogen-bond acceptors (Lipinski definition) is 3. The van der Waals surface area contributed by atoms with Gasteiger partial charge in [0.05, 0.1) is 10.6 Å². The molecule has 0 aliphatic heterocycles. The number of sulfonamides is 1. The van der Waals surface area contributed by atoms with E-state index in [1.165, 1.54) is 0 Å². The van der Waals surface area contributed by atoms with Crippen LogP contribution in [0, 0.1) is 6.92 Å². The van der Waals surface area contributed by atoms with Gasteiger partial charge >= 0.3 is 0 Å². The number of nitrogens with one attached hydrogen (secondary N) is 1. The molecule has 3 rings (SSSR count). The molecular weight excluding hydrogens is 412 g/mol. The van der Waals surface area contributed by atoms with E-state index < -0.39 is 10.0 Å². The van der Waals surface area contributed by atoms with Gasteiger partial charge in [-0.2, -0.15) is 18.4 Å². The molecule has 134 valence electrons. The van der Waals surface area contributed by atoms with Gasteiger partial charge in [0, 0.05) is 4.47 Å². The van der Waals surface area contributed by atoms with Gasteiger partial charge in [-0.3, -0.25) is 0 Å². The Hall–Kier alpha value is -2.18. The fourth-order valence-electron chi connectivity index (χ4n) is 2.57. The number of benzene rings is 2. The summed E-state index contributed by atoms with van der Waals surface area (Å²) in [6, 6.07) is 14.6. The largest absolute Gasteiger partial charge is 0.276 e. The zero-order valence-electron chi connectivity index (χ0n) is 14.3. The number of rotatable bonds is 4. The smallest absolute Gasteiger partial charge is 0.200 e. The molecule has 0 unspecified atom stereocenters. The van der Waals surface area contributed by atoms with E-state index in [0.29, 0.717) is 6.42 Å². The summed E-state index contributed by atoms with van der Waals surface area (Å²) in [7, 11) is -3.68. The van der Waals surface area contributed by atoms with Gasteiger partial charge in [-0.05, 0) is 55.2 Å². The molecule has 1 aliphatic rings. The van der Waals surface area contributed by atoms with Crippen molar-refractivity contribution in [1.29, 1.82) is 0 Å². The van der Waals surface area contributed by atoms with Crippen molar-refractivity contribution in [2.75, 3.05) is 0 Å². The number of halogens is 1. The van der Waals surface area contributed by atoms with E-state index in [2.05, 4.69) is 31.9 Å². The third-order valence-electron chi connectivity index (χ3n) is 4.03. The van der Waals surface area contributed by atoms with Crippen LogP contribution in [0.4, 0.5) is 0 Å². The quantitative estimate of drug-likeness (QED) is 0.706. The Morgan fingerprint density at radius 3 is 2.58 bits per heavy atom. The van der Waals surface area contributed by atoms with Crippen molar-refractivity contribution in [2.24, 2.45) is 5.10 Å². The van der Waals surface area contributed by atoms with Crippen molar-refractivity contribution in [2.45, 2.75) is 24.7 Å². The Balaban J connectivity index is 1.88. The molecule has 1 N–H and O–H groups in total. The average molecular weight is 431 g/mol. The molecule has 4 nitrogen and oxygen atoms in total. The van der Waals surface area contributed by atoms with Gasteiger partial charge in [0.2, 0.25) is 0 Å². The van der Waals surface area contributed by atoms with Crippen LogP contribution in [0.5, 0.6) is 0 Å². The monoisotopic (exact) mass is 430 g/mol. The normalized spacial score (nSPS) is 17.6. The summed E-state index contributed by atoms with van der Waals surface area (Å²) in [6.45, 7) is 1.91. The SMILES string of the molecule is Cc1ccc(S(=O)(=O)N/N=C2\CCC=C\C2=C/c2ccccc2Br)cc1. The topological polar surface area (TPSA) is 58.5 Å². The fourth-order valence-corrected chi connectivity index (χ4v) is 3.80. The minimum absolute atomic E-state index is 0.204. The second-order valence-corrected chi connectivity index (χ2v) is 8.54. The first-order valence-corrected chi connectivity index (χ1v) is 10.5. The maximum absolute atomic E-state index is 12.4. The summed E-state index contributed by atoms with van der Waals surface area (Å²) in [5.74, 6) is 0. The van der Waals surface area contributed by atoms with Gasteiger partial charge in [-0.15, -0.1) is 0 Å². The van der Waals surface area contributed by atoms with Crippen molar-refractivity contribution in [3.05, 3.63) is 81.9 Å². The van der Waals surface area contributed by atoms with Crippen molar-refractivity contribution >= 4 is 37.7 Å². The maximum Gasteiger partial charge on any atom is 0.276 e. The molecule has 0 bridgehead atoms. The van der Waals surface area contributed by atoms with Crippen molar-refractivity contribution in [3.8, 4) is 0 Å². The molecule has 26 heavy (non-hydrogen) atoms. The summed E-state index contributed by atoms with van der Waals surface area (Å²) in [5.41, 5.74) is 3.64. The van der Waals surface area contributed by atoms with Crippen LogP contribution in [-0.4, -0.2) is 14.1 Å². The lowest BCUT2D eigenvalue weighted by Crippen LogP contribution is -2.21. The Labute approximate surface area is 162 Å². The molecule has 0 saturated heterocycles. The molecule has 6 heteroatoms.